The van der Waals surface area contributed by atoms with Crippen molar-refractivity contribution in [2.24, 2.45) is 0 Å². The van der Waals surface area contributed by atoms with Gasteiger partial charge in [0, 0.05) is 17.8 Å². The van der Waals surface area contributed by atoms with Crippen molar-refractivity contribution in [1.82, 2.24) is 5.32 Å². The molecule has 1 aliphatic rings. The van der Waals surface area contributed by atoms with Gasteiger partial charge in [-0.3, -0.25) is 0 Å². The first-order chi connectivity index (χ1) is 9.23. The number of aryl methyl sites for hydroxylation is 2. The monoisotopic (exact) mass is 277 g/mol. The molecular weight excluding hydrogens is 250 g/mol. The van der Waals surface area contributed by atoms with Gasteiger partial charge in [-0.05, 0) is 55.1 Å². The largest absolute Gasteiger partial charge is 0.311 e. The lowest BCUT2D eigenvalue weighted by molar-refractivity contribution is 0.495. The van der Waals surface area contributed by atoms with Crippen LogP contribution in [0.3, 0.4) is 0 Å². The van der Waals surface area contributed by atoms with E-state index in [2.05, 4.69) is 43.6 Å². The van der Waals surface area contributed by atoms with E-state index in [-0.39, 0.29) is 0 Å². The normalized spacial score (nSPS) is 14.7. The maximum atomic E-state index is 3.67. The molecule has 0 fully saturated rings. The topological polar surface area (TPSA) is 12.0 Å². The minimum absolute atomic E-state index is 0.413. The molecule has 1 N–H and O–H groups in total. The summed E-state index contributed by atoms with van der Waals surface area (Å²) in [4.78, 5) is 0. The number of thioether (sulfide) groups is 1. The Morgan fingerprint density at radius 2 is 1.89 bits per heavy atom. The summed E-state index contributed by atoms with van der Waals surface area (Å²) in [7, 11) is 0. The lowest BCUT2D eigenvalue weighted by atomic mass is 10.0. The van der Waals surface area contributed by atoms with Gasteiger partial charge in [-0.25, -0.2) is 0 Å². The summed E-state index contributed by atoms with van der Waals surface area (Å²) in [6.45, 7) is 6.72. The highest BCUT2D eigenvalue weighted by Crippen LogP contribution is 2.29. The second-order valence-corrected chi connectivity index (χ2v) is 6.93. The molecule has 1 aliphatic carbocycles. The van der Waals surface area contributed by atoms with Crippen LogP contribution in [0.5, 0.6) is 0 Å². The maximum Gasteiger partial charge on any atom is 0.0276 e. The van der Waals surface area contributed by atoms with Crippen LogP contribution < -0.4 is 5.32 Å². The van der Waals surface area contributed by atoms with Crippen LogP contribution in [0.4, 0.5) is 0 Å². The van der Waals surface area contributed by atoms with Crippen molar-refractivity contribution in [2.45, 2.75) is 57.2 Å². The van der Waals surface area contributed by atoms with E-state index in [9.17, 15) is 0 Å². The first kappa shape index (κ1) is 14.9. The SMILES string of the molecule is CCC(CC)(CNCc1ccc2c(c1)CCC2)SC. The third kappa shape index (κ3) is 3.55. The standard InChI is InChI=1S/C17H27NS/c1-4-17(5-2,19-3)13-18-12-14-9-10-15-7-6-8-16(15)11-14/h9-11,18H,4-8,12-13H2,1-3H3. The Hall–Kier alpha value is -0.470. The van der Waals surface area contributed by atoms with Crippen LogP contribution in [0.1, 0.15) is 49.8 Å². The Morgan fingerprint density at radius 3 is 2.58 bits per heavy atom. The molecule has 0 saturated carbocycles. The molecule has 0 aromatic heterocycles. The zero-order valence-corrected chi connectivity index (χ0v) is 13.4. The zero-order valence-electron chi connectivity index (χ0n) is 12.6. The van der Waals surface area contributed by atoms with Gasteiger partial charge in [-0.15, -0.1) is 0 Å². The van der Waals surface area contributed by atoms with E-state index in [4.69, 9.17) is 0 Å². The van der Waals surface area contributed by atoms with Crippen LogP contribution in [-0.2, 0) is 19.4 Å². The lowest BCUT2D eigenvalue weighted by Crippen LogP contribution is -2.36. The van der Waals surface area contributed by atoms with Crippen molar-refractivity contribution in [3.8, 4) is 0 Å². The van der Waals surface area contributed by atoms with Crippen molar-refractivity contribution in [1.29, 1.82) is 0 Å². The Labute approximate surface area is 122 Å². The molecular formula is C17H27NS. The highest BCUT2D eigenvalue weighted by molar-refractivity contribution is 8.00. The van der Waals surface area contributed by atoms with Gasteiger partial charge in [0.1, 0.15) is 0 Å². The van der Waals surface area contributed by atoms with Gasteiger partial charge in [-0.2, -0.15) is 11.8 Å². The lowest BCUT2D eigenvalue weighted by Gasteiger charge is -2.30. The van der Waals surface area contributed by atoms with Gasteiger partial charge < -0.3 is 5.32 Å². The van der Waals surface area contributed by atoms with Crippen LogP contribution in [0.25, 0.3) is 0 Å². The van der Waals surface area contributed by atoms with Crippen LogP contribution in [0, 0.1) is 0 Å². The summed E-state index contributed by atoms with van der Waals surface area (Å²) in [5.74, 6) is 0. The van der Waals surface area contributed by atoms with Crippen LogP contribution in [0.15, 0.2) is 18.2 Å². The van der Waals surface area contributed by atoms with E-state index in [1.165, 1.54) is 37.7 Å². The number of rotatable bonds is 7. The predicted octanol–water partition coefficient (Wildman–Crippen LogP) is 4.19. The van der Waals surface area contributed by atoms with E-state index < -0.39 is 0 Å². The van der Waals surface area contributed by atoms with E-state index >= 15 is 0 Å². The minimum atomic E-state index is 0.413. The van der Waals surface area contributed by atoms with Crippen molar-refractivity contribution < 1.29 is 0 Å². The molecule has 0 bridgehead atoms. The Bertz CT molecular complexity index is 401. The maximum absolute atomic E-state index is 3.67. The fourth-order valence-corrected chi connectivity index (χ4v) is 3.85. The van der Waals surface area contributed by atoms with E-state index in [1.54, 1.807) is 11.1 Å². The first-order valence-corrected chi connectivity index (χ1v) is 8.82. The highest BCUT2D eigenvalue weighted by Gasteiger charge is 2.24. The number of hydrogen-bond acceptors (Lipinski definition) is 2. The molecule has 1 nitrogen and oxygen atoms in total. The zero-order chi connectivity index (χ0) is 13.7. The molecule has 0 unspecified atom stereocenters. The average molecular weight is 277 g/mol. The minimum Gasteiger partial charge on any atom is -0.311 e. The number of fused-ring (bicyclic) bond motifs is 1. The van der Waals surface area contributed by atoms with E-state index in [1.807, 2.05) is 11.8 Å². The molecule has 0 heterocycles. The summed E-state index contributed by atoms with van der Waals surface area (Å²) in [5.41, 5.74) is 4.61. The van der Waals surface area contributed by atoms with Crippen molar-refractivity contribution in [2.75, 3.05) is 12.8 Å². The van der Waals surface area contributed by atoms with Gasteiger partial charge in [-0.1, -0.05) is 32.0 Å². The van der Waals surface area contributed by atoms with E-state index in [0.717, 1.165) is 13.1 Å². The van der Waals surface area contributed by atoms with Crippen LogP contribution >= 0.6 is 11.8 Å². The molecule has 0 radical (unpaired) electrons. The second-order valence-electron chi connectivity index (χ2n) is 5.65. The van der Waals surface area contributed by atoms with Crippen molar-refractivity contribution in [3.05, 3.63) is 34.9 Å². The molecule has 0 amide bonds. The molecule has 2 rings (SSSR count). The number of benzene rings is 1. The summed E-state index contributed by atoms with van der Waals surface area (Å²) in [6, 6.07) is 7.05. The van der Waals surface area contributed by atoms with Gasteiger partial charge in [0.05, 0.1) is 0 Å². The third-order valence-electron chi connectivity index (χ3n) is 4.66. The molecule has 106 valence electrons. The molecule has 0 aliphatic heterocycles. The summed E-state index contributed by atoms with van der Waals surface area (Å²) < 4.78 is 0.413. The Morgan fingerprint density at radius 1 is 1.16 bits per heavy atom. The average Bonchev–Trinajstić information content (AvgIpc) is 2.92. The molecule has 1 aromatic carbocycles. The van der Waals surface area contributed by atoms with Crippen LogP contribution in [0.2, 0.25) is 0 Å². The molecule has 0 spiro atoms. The molecule has 19 heavy (non-hydrogen) atoms. The Balaban J connectivity index is 1.89. The predicted molar refractivity (Wildman–Crippen MR) is 87.0 cm³/mol. The van der Waals surface area contributed by atoms with Crippen LogP contribution in [-0.4, -0.2) is 17.5 Å². The summed E-state index contributed by atoms with van der Waals surface area (Å²) in [6.07, 6.45) is 8.62. The van der Waals surface area contributed by atoms with Gasteiger partial charge >= 0.3 is 0 Å². The second kappa shape index (κ2) is 6.81. The van der Waals surface area contributed by atoms with Gasteiger partial charge in [0.15, 0.2) is 0 Å². The molecule has 0 saturated heterocycles. The van der Waals surface area contributed by atoms with Gasteiger partial charge in [0.2, 0.25) is 0 Å². The smallest absolute Gasteiger partial charge is 0.0276 e. The quantitative estimate of drug-likeness (QED) is 0.802. The Kier molecular flexibility index (Phi) is 5.35. The third-order valence-corrected chi connectivity index (χ3v) is 6.25. The van der Waals surface area contributed by atoms with Crippen molar-refractivity contribution >= 4 is 11.8 Å². The molecule has 2 heteroatoms. The molecule has 1 aromatic rings. The highest BCUT2D eigenvalue weighted by atomic mass is 32.2. The number of hydrogen-bond donors (Lipinski definition) is 1. The van der Waals surface area contributed by atoms with Crippen molar-refractivity contribution in [3.63, 3.8) is 0 Å². The molecule has 0 atom stereocenters. The summed E-state index contributed by atoms with van der Waals surface area (Å²) in [5, 5.41) is 3.67. The number of nitrogens with one attached hydrogen (secondary N) is 1. The fraction of sp³-hybridized carbons (Fsp3) is 0.647. The van der Waals surface area contributed by atoms with Gasteiger partial charge in [0.25, 0.3) is 0 Å². The summed E-state index contributed by atoms with van der Waals surface area (Å²) >= 11 is 2.01. The van der Waals surface area contributed by atoms with E-state index in [0.29, 0.717) is 4.75 Å². The first-order valence-electron chi connectivity index (χ1n) is 7.59. The fourth-order valence-electron chi connectivity index (χ4n) is 3.03.